The Hall–Kier alpha value is -3.71. The molecule has 0 spiro atoms. The molecule has 0 aliphatic heterocycles. The molecule has 0 aliphatic carbocycles. The van der Waals surface area contributed by atoms with Gasteiger partial charge in [-0.15, -0.1) is 0 Å². The summed E-state index contributed by atoms with van der Waals surface area (Å²) in [5.41, 5.74) is 1.23. The van der Waals surface area contributed by atoms with Gasteiger partial charge in [0.1, 0.15) is 5.82 Å². The molecule has 0 saturated heterocycles. The van der Waals surface area contributed by atoms with Crippen LogP contribution in [0.2, 0.25) is 0 Å². The Balaban J connectivity index is 1.71. The normalized spacial score (nSPS) is 12.1. The van der Waals surface area contributed by atoms with Crippen molar-refractivity contribution in [2.45, 2.75) is 25.9 Å². The number of para-hydroxylation sites is 1. The first-order valence-corrected chi connectivity index (χ1v) is 11.0. The number of carbonyl (C=O) groups excluding carboxylic acids is 1. The highest BCUT2D eigenvalue weighted by Crippen LogP contribution is 2.26. The fourth-order valence-electron chi connectivity index (χ4n) is 4.15. The minimum atomic E-state index is -0.394. The third-order valence-electron chi connectivity index (χ3n) is 5.91. The molecule has 1 heterocycles. The summed E-state index contributed by atoms with van der Waals surface area (Å²) >= 11 is 0. The molecule has 4 aromatic rings. The second kappa shape index (κ2) is 9.83. The number of carbonyl (C=O) groups is 1. The van der Waals surface area contributed by atoms with Crippen LogP contribution in [0, 0.1) is 0 Å². The van der Waals surface area contributed by atoms with Crippen LogP contribution in [-0.2, 0) is 11.3 Å². The molecule has 1 aromatic heterocycles. The SMILES string of the molecule is CCC(c1nc2ccccc2c(=O)n1CCOC)N(C)C(=O)Nc1cccc2ccccc12. The second-order valence-electron chi connectivity index (χ2n) is 7.93. The molecule has 3 aromatic carbocycles. The van der Waals surface area contributed by atoms with Crippen LogP contribution in [-0.4, -0.2) is 41.2 Å². The van der Waals surface area contributed by atoms with E-state index in [2.05, 4.69) is 5.32 Å². The van der Waals surface area contributed by atoms with E-state index in [1.807, 2.05) is 67.6 Å². The van der Waals surface area contributed by atoms with Gasteiger partial charge in [-0.2, -0.15) is 0 Å². The zero-order valence-electron chi connectivity index (χ0n) is 19.1. The van der Waals surface area contributed by atoms with Crippen LogP contribution in [0.25, 0.3) is 21.7 Å². The molecule has 2 amide bonds. The van der Waals surface area contributed by atoms with Crippen molar-refractivity contribution in [3.8, 4) is 0 Å². The first-order chi connectivity index (χ1) is 16.0. The summed E-state index contributed by atoms with van der Waals surface area (Å²) in [6, 6.07) is 20.3. The van der Waals surface area contributed by atoms with Crippen LogP contribution in [0.3, 0.4) is 0 Å². The third kappa shape index (κ3) is 4.45. The second-order valence-corrected chi connectivity index (χ2v) is 7.93. The number of hydrogen-bond donors (Lipinski definition) is 1. The molecule has 0 radical (unpaired) electrons. The smallest absolute Gasteiger partial charge is 0.322 e. The first kappa shape index (κ1) is 22.5. The lowest BCUT2D eigenvalue weighted by molar-refractivity contribution is 0.177. The summed E-state index contributed by atoms with van der Waals surface area (Å²) in [5.74, 6) is 0.550. The lowest BCUT2D eigenvalue weighted by Crippen LogP contribution is -2.39. The molecule has 1 unspecified atom stereocenters. The minimum Gasteiger partial charge on any atom is -0.383 e. The van der Waals surface area contributed by atoms with Crippen LogP contribution in [0.1, 0.15) is 25.2 Å². The largest absolute Gasteiger partial charge is 0.383 e. The number of benzene rings is 3. The molecule has 0 aliphatic rings. The first-order valence-electron chi connectivity index (χ1n) is 11.0. The predicted octanol–water partition coefficient (Wildman–Crippen LogP) is 4.81. The highest BCUT2D eigenvalue weighted by Gasteiger charge is 2.26. The maximum absolute atomic E-state index is 13.3. The van der Waals surface area contributed by atoms with Crippen molar-refractivity contribution in [2.75, 3.05) is 26.1 Å². The van der Waals surface area contributed by atoms with E-state index in [0.717, 1.165) is 16.5 Å². The molecule has 1 N–H and O–H groups in total. The van der Waals surface area contributed by atoms with Crippen molar-refractivity contribution in [3.05, 3.63) is 82.9 Å². The van der Waals surface area contributed by atoms with E-state index in [4.69, 9.17) is 9.72 Å². The third-order valence-corrected chi connectivity index (χ3v) is 5.91. The fourth-order valence-corrected chi connectivity index (χ4v) is 4.15. The quantitative estimate of drug-likeness (QED) is 0.444. The van der Waals surface area contributed by atoms with Crippen LogP contribution in [0.15, 0.2) is 71.5 Å². The average Bonchev–Trinajstić information content (AvgIpc) is 2.84. The molecule has 0 bridgehead atoms. The van der Waals surface area contributed by atoms with Crippen LogP contribution >= 0.6 is 0 Å². The number of nitrogens with zero attached hydrogens (tertiary/aromatic N) is 3. The summed E-state index contributed by atoms with van der Waals surface area (Å²) in [4.78, 5) is 33.0. The molecule has 170 valence electrons. The lowest BCUT2D eigenvalue weighted by atomic mass is 10.1. The van der Waals surface area contributed by atoms with Crippen molar-refractivity contribution in [2.24, 2.45) is 0 Å². The standard InChI is InChI=1S/C26H28N4O3/c1-4-23(24-27-22-14-8-7-13-20(22)25(31)30(24)16-17-33-3)29(2)26(32)28-21-15-9-11-18-10-5-6-12-19(18)21/h5-15,23H,4,16-17H2,1-3H3,(H,28,32). The van der Waals surface area contributed by atoms with Gasteiger partial charge in [0.15, 0.2) is 0 Å². The molecule has 33 heavy (non-hydrogen) atoms. The highest BCUT2D eigenvalue weighted by molar-refractivity contribution is 6.01. The lowest BCUT2D eigenvalue weighted by Gasteiger charge is -2.29. The van der Waals surface area contributed by atoms with E-state index in [9.17, 15) is 9.59 Å². The van der Waals surface area contributed by atoms with E-state index >= 15 is 0 Å². The number of aromatic nitrogens is 2. The number of methoxy groups -OCH3 is 1. The molecule has 7 heteroatoms. The molecule has 1 atom stereocenters. The van der Waals surface area contributed by atoms with Gasteiger partial charge in [0.05, 0.1) is 35.8 Å². The molecular weight excluding hydrogens is 416 g/mol. The van der Waals surface area contributed by atoms with Gasteiger partial charge in [0.25, 0.3) is 5.56 Å². The fraction of sp³-hybridized carbons (Fsp3) is 0.269. The Kier molecular flexibility index (Phi) is 6.70. The maximum Gasteiger partial charge on any atom is 0.322 e. The summed E-state index contributed by atoms with van der Waals surface area (Å²) in [5, 5.41) is 5.60. The van der Waals surface area contributed by atoms with Gasteiger partial charge < -0.3 is 15.0 Å². The van der Waals surface area contributed by atoms with Gasteiger partial charge in [-0.05, 0) is 30.0 Å². The number of hydrogen-bond acceptors (Lipinski definition) is 4. The number of fused-ring (bicyclic) bond motifs is 2. The molecular formula is C26H28N4O3. The van der Waals surface area contributed by atoms with Crippen molar-refractivity contribution >= 4 is 33.4 Å². The summed E-state index contributed by atoms with van der Waals surface area (Å²) in [6.07, 6.45) is 0.594. The molecule has 0 fully saturated rings. The van der Waals surface area contributed by atoms with Gasteiger partial charge in [-0.3, -0.25) is 9.36 Å². The maximum atomic E-state index is 13.3. The Labute approximate surface area is 192 Å². The molecule has 0 saturated carbocycles. The van der Waals surface area contributed by atoms with E-state index in [0.29, 0.717) is 36.3 Å². The number of rotatable bonds is 7. The highest BCUT2D eigenvalue weighted by atomic mass is 16.5. The molecule has 7 nitrogen and oxygen atoms in total. The van der Waals surface area contributed by atoms with Crippen LogP contribution in [0.5, 0.6) is 0 Å². The summed E-state index contributed by atoms with van der Waals surface area (Å²) in [6.45, 7) is 2.71. The number of anilines is 1. The van der Waals surface area contributed by atoms with Crippen LogP contribution < -0.4 is 10.9 Å². The van der Waals surface area contributed by atoms with Gasteiger partial charge in [0.2, 0.25) is 0 Å². The van der Waals surface area contributed by atoms with E-state index in [-0.39, 0.29) is 11.6 Å². The Morgan fingerprint density at radius 2 is 1.76 bits per heavy atom. The van der Waals surface area contributed by atoms with Crippen molar-refractivity contribution in [1.82, 2.24) is 14.5 Å². The van der Waals surface area contributed by atoms with Crippen LogP contribution in [0.4, 0.5) is 10.5 Å². The topological polar surface area (TPSA) is 76.5 Å². The van der Waals surface area contributed by atoms with Gasteiger partial charge in [-0.25, -0.2) is 9.78 Å². The Morgan fingerprint density at radius 1 is 1.06 bits per heavy atom. The van der Waals surface area contributed by atoms with E-state index in [1.165, 1.54) is 0 Å². The minimum absolute atomic E-state index is 0.131. The van der Waals surface area contributed by atoms with Gasteiger partial charge in [0, 0.05) is 19.5 Å². The average molecular weight is 445 g/mol. The Morgan fingerprint density at radius 3 is 2.52 bits per heavy atom. The van der Waals surface area contributed by atoms with Gasteiger partial charge in [-0.1, -0.05) is 55.5 Å². The number of urea groups is 1. The zero-order chi connectivity index (χ0) is 23.4. The van der Waals surface area contributed by atoms with Gasteiger partial charge >= 0.3 is 6.03 Å². The number of amides is 2. The van der Waals surface area contributed by atoms with Crippen molar-refractivity contribution < 1.29 is 9.53 Å². The van der Waals surface area contributed by atoms with Crippen molar-refractivity contribution in [1.29, 1.82) is 0 Å². The Bertz CT molecular complexity index is 1340. The number of ether oxygens (including phenoxy) is 1. The monoisotopic (exact) mass is 444 g/mol. The van der Waals surface area contributed by atoms with E-state index in [1.54, 1.807) is 29.7 Å². The van der Waals surface area contributed by atoms with Crippen molar-refractivity contribution in [3.63, 3.8) is 0 Å². The zero-order valence-corrected chi connectivity index (χ0v) is 19.1. The predicted molar refractivity (Wildman–Crippen MR) is 132 cm³/mol. The summed E-state index contributed by atoms with van der Waals surface area (Å²) < 4.78 is 6.86. The number of nitrogens with one attached hydrogen (secondary N) is 1. The molecule has 4 rings (SSSR count). The van der Waals surface area contributed by atoms with E-state index < -0.39 is 6.04 Å². The summed E-state index contributed by atoms with van der Waals surface area (Å²) in [7, 11) is 3.33.